The maximum absolute atomic E-state index is 4.83. The molecule has 0 aromatic carbocycles. The molecule has 0 radical (unpaired) electrons. The SMILES string of the molecule is CCN1CCCC1CNC(=NCc1nnc(C)n1C)NCC1(CC)CCC1.I. The Hall–Kier alpha value is -0.900. The molecule has 8 heteroatoms. The number of aryl methyl sites for hydroxylation is 1. The average molecular weight is 503 g/mol. The van der Waals surface area contributed by atoms with Crippen molar-refractivity contribution < 1.29 is 0 Å². The minimum absolute atomic E-state index is 0. The quantitative estimate of drug-likeness (QED) is 0.325. The van der Waals surface area contributed by atoms with Crippen LogP contribution in [0.1, 0.15) is 64.0 Å². The molecule has 1 aromatic heterocycles. The number of nitrogens with one attached hydrogen (secondary N) is 2. The van der Waals surface area contributed by atoms with Crippen molar-refractivity contribution in [1.82, 2.24) is 30.3 Å². The summed E-state index contributed by atoms with van der Waals surface area (Å²) in [7, 11) is 2.00. The van der Waals surface area contributed by atoms with Crippen molar-refractivity contribution in [3.05, 3.63) is 11.6 Å². The first-order valence-corrected chi connectivity index (χ1v) is 10.7. The topological polar surface area (TPSA) is 70.4 Å². The molecule has 1 atom stereocenters. The predicted octanol–water partition coefficient (Wildman–Crippen LogP) is 2.84. The van der Waals surface area contributed by atoms with Gasteiger partial charge in [0.2, 0.25) is 0 Å². The van der Waals surface area contributed by atoms with Crippen molar-refractivity contribution in [3.8, 4) is 0 Å². The Morgan fingerprint density at radius 2 is 2.00 bits per heavy atom. The van der Waals surface area contributed by atoms with Crippen LogP contribution < -0.4 is 10.6 Å². The number of halogens is 1. The molecule has 1 saturated heterocycles. The number of hydrogen-bond donors (Lipinski definition) is 2. The smallest absolute Gasteiger partial charge is 0.191 e. The molecule has 28 heavy (non-hydrogen) atoms. The van der Waals surface area contributed by atoms with Gasteiger partial charge in [-0.3, -0.25) is 4.90 Å². The molecule has 3 rings (SSSR count). The third-order valence-electron chi connectivity index (χ3n) is 6.77. The highest BCUT2D eigenvalue weighted by Gasteiger charge is 2.35. The Morgan fingerprint density at radius 1 is 1.21 bits per heavy atom. The van der Waals surface area contributed by atoms with Crippen molar-refractivity contribution in [2.45, 2.75) is 71.9 Å². The first-order valence-electron chi connectivity index (χ1n) is 10.7. The summed E-state index contributed by atoms with van der Waals surface area (Å²) in [6.45, 7) is 11.4. The Labute approximate surface area is 187 Å². The maximum atomic E-state index is 4.83. The molecule has 1 saturated carbocycles. The van der Waals surface area contributed by atoms with Gasteiger partial charge in [0.15, 0.2) is 11.8 Å². The zero-order valence-corrected chi connectivity index (χ0v) is 20.3. The third-order valence-corrected chi connectivity index (χ3v) is 6.77. The van der Waals surface area contributed by atoms with E-state index in [-0.39, 0.29) is 24.0 Å². The Bertz CT molecular complexity index is 633. The van der Waals surface area contributed by atoms with Gasteiger partial charge in [-0.25, -0.2) is 4.99 Å². The fraction of sp³-hybridized carbons (Fsp3) is 0.850. The number of rotatable bonds is 8. The van der Waals surface area contributed by atoms with Gasteiger partial charge in [0.25, 0.3) is 0 Å². The molecule has 2 N–H and O–H groups in total. The van der Waals surface area contributed by atoms with E-state index >= 15 is 0 Å². The van der Waals surface area contributed by atoms with Crippen LogP contribution in [-0.2, 0) is 13.6 Å². The zero-order valence-electron chi connectivity index (χ0n) is 18.0. The lowest BCUT2D eigenvalue weighted by atomic mass is 9.67. The number of aromatic nitrogens is 3. The number of aliphatic imine (C=N–C) groups is 1. The zero-order chi connectivity index (χ0) is 19.3. The average Bonchev–Trinajstić information content (AvgIpc) is 3.23. The van der Waals surface area contributed by atoms with E-state index < -0.39 is 0 Å². The Morgan fingerprint density at radius 3 is 2.57 bits per heavy atom. The predicted molar refractivity (Wildman–Crippen MR) is 125 cm³/mol. The number of guanidine groups is 1. The number of likely N-dealkylation sites (N-methyl/N-ethyl adjacent to an activating group) is 1. The molecule has 2 heterocycles. The summed E-state index contributed by atoms with van der Waals surface area (Å²) in [5.74, 6) is 2.74. The molecule has 1 aromatic rings. The van der Waals surface area contributed by atoms with E-state index in [1.807, 2.05) is 18.5 Å². The van der Waals surface area contributed by atoms with Gasteiger partial charge in [-0.05, 0) is 57.5 Å². The van der Waals surface area contributed by atoms with Crippen molar-refractivity contribution in [3.63, 3.8) is 0 Å². The molecule has 1 aliphatic carbocycles. The summed E-state index contributed by atoms with van der Waals surface area (Å²) in [4.78, 5) is 7.39. The molecule has 1 unspecified atom stereocenters. The van der Waals surface area contributed by atoms with Crippen LogP contribution in [0.2, 0.25) is 0 Å². The lowest BCUT2D eigenvalue weighted by Gasteiger charge is -2.41. The molecular weight excluding hydrogens is 465 g/mol. The summed E-state index contributed by atoms with van der Waals surface area (Å²) in [6, 6.07) is 0.614. The number of nitrogens with zero attached hydrogens (tertiary/aromatic N) is 5. The summed E-state index contributed by atoms with van der Waals surface area (Å²) >= 11 is 0. The van der Waals surface area contributed by atoms with Crippen molar-refractivity contribution in [2.24, 2.45) is 17.5 Å². The summed E-state index contributed by atoms with van der Waals surface area (Å²) in [6.07, 6.45) is 7.84. The second-order valence-electron chi connectivity index (χ2n) is 8.25. The highest BCUT2D eigenvalue weighted by atomic mass is 127. The summed E-state index contributed by atoms with van der Waals surface area (Å²) in [5.41, 5.74) is 0.465. The van der Waals surface area contributed by atoms with Gasteiger partial charge in [-0.15, -0.1) is 34.2 Å². The van der Waals surface area contributed by atoms with E-state index in [2.05, 4.69) is 39.6 Å². The Balaban J connectivity index is 0.00000280. The fourth-order valence-corrected chi connectivity index (χ4v) is 4.27. The van der Waals surface area contributed by atoms with Crippen molar-refractivity contribution >= 4 is 29.9 Å². The van der Waals surface area contributed by atoms with Gasteiger partial charge >= 0.3 is 0 Å². The second-order valence-corrected chi connectivity index (χ2v) is 8.25. The molecule has 2 fully saturated rings. The van der Waals surface area contributed by atoms with E-state index in [0.29, 0.717) is 18.0 Å². The highest BCUT2D eigenvalue weighted by molar-refractivity contribution is 14.0. The van der Waals surface area contributed by atoms with Crippen LogP contribution in [0.3, 0.4) is 0 Å². The van der Waals surface area contributed by atoms with Gasteiger partial charge < -0.3 is 15.2 Å². The lowest BCUT2D eigenvalue weighted by molar-refractivity contribution is 0.131. The molecular formula is C20H38IN7. The normalized spacial score (nSPS) is 21.9. The highest BCUT2D eigenvalue weighted by Crippen LogP contribution is 2.42. The minimum Gasteiger partial charge on any atom is -0.356 e. The van der Waals surface area contributed by atoms with Gasteiger partial charge in [0.1, 0.15) is 12.4 Å². The van der Waals surface area contributed by atoms with Crippen LogP contribution in [0.15, 0.2) is 4.99 Å². The van der Waals surface area contributed by atoms with Crippen LogP contribution in [0.5, 0.6) is 0 Å². The molecule has 7 nitrogen and oxygen atoms in total. The van der Waals surface area contributed by atoms with E-state index in [1.54, 1.807) is 0 Å². The van der Waals surface area contributed by atoms with Gasteiger partial charge in [-0.2, -0.15) is 0 Å². The Kier molecular flexibility index (Phi) is 8.98. The van der Waals surface area contributed by atoms with E-state index in [0.717, 1.165) is 37.2 Å². The van der Waals surface area contributed by atoms with E-state index in [1.165, 1.54) is 45.1 Å². The molecule has 160 valence electrons. The van der Waals surface area contributed by atoms with E-state index in [9.17, 15) is 0 Å². The summed E-state index contributed by atoms with van der Waals surface area (Å²) in [5, 5.41) is 15.6. The maximum Gasteiger partial charge on any atom is 0.191 e. The van der Waals surface area contributed by atoms with Crippen LogP contribution in [0.4, 0.5) is 0 Å². The fourth-order valence-electron chi connectivity index (χ4n) is 4.27. The van der Waals surface area contributed by atoms with Crippen molar-refractivity contribution in [2.75, 3.05) is 26.2 Å². The molecule has 0 bridgehead atoms. The van der Waals surface area contributed by atoms with Gasteiger partial charge in [-0.1, -0.05) is 20.3 Å². The molecule has 0 amide bonds. The lowest BCUT2D eigenvalue weighted by Crippen LogP contribution is -2.49. The van der Waals surface area contributed by atoms with Crippen LogP contribution in [-0.4, -0.2) is 57.8 Å². The van der Waals surface area contributed by atoms with E-state index in [4.69, 9.17) is 4.99 Å². The molecule has 0 spiro atoms. The first kappa shape index (κ1) is 23.4. The molecule has 1 aliphatic heterocycles. The summed E-state index contributed by atoms with van der Waals surface area (Å²) < 4.78 is 2.01. The van der Waals surface area contributed by atoms with Gasteiger partial charge in [0.05, 0.1) is 0 Å². The van der Waals surface area contributed by atoms with Crippen LogP contribution in [0.25, 0.3) is 0 Å². The van der Waals surface area contributed by atoms with Gasteiger partial charge in [0, 0.05) is 26.2 Å². The second kappa shape index (κ2) is 10.8. The first-order chi connectivity index (χ1) is 13.1. The minimum atomic E-state index is 0. The van der Waals surface area contributed by atoms with Crippen LogP contribution >= 0.6 is 24.0 Å². The number of likely N-dealkylation sites (tertiary alicyclic amines) is 1. The number of hydrogen-bond acceptors (Lipinski definition) is 4. The largest absolute Gasteiger partial charge is 0.356 e. The standard InChI is InChI=1S/C20H37N7.HI/c1-5-20(10-8-11-20)15-23-19(21-13-17-9-7-12-27(17)6-2)22-14-18-25-24-16(3)26(18)4;/h17H,5-15H2,1-4H3,(H2,21,22,23);1H. The van der Waals surface area contributed by atoms with Crippen molar-refractivity contribution in [1.29, 1.82) is 0 Å². The third kappa shape index (κ3) is 5.58. The van der Waals surface area contributed by atoms with Crippen LogP contribution in [0, 0.1) is 12.3 Å². The molecule has 2 aliphatic rings. The monoisotopic (exact) mass is 503 g/mol.